The third kappa shape index (κ3) is 8.24. The Kier molecular flexibility index (Phi) is 11.3. The normalized spacial score (nSPS) is 26.1. The van der Waals surface area contributed by atoms with Gasteiger partial charge in [0.05, 0.1) is 0 Å². The van der Waals surface area contributed by atoms with Crippen molar-refractivity contribution < 1.29 is 0 Å². The molecule has 0 spiro atoms. The fourth-order valence-electron chi connectivity index (χ4n) is 4.22. The zero-order chi connectivity index (χ0) is 15.3. The lowest BCUT2D eigenvalue weighted by Crippen LogP contribution is -2.31. The van der Waals surface area contributed by atoms with Crippen molar-refractivity contribution in [1.82, 2.24) is 5.32 Å². The maximum Gasteiger partial charge on any atom is -0.00209 e. The summed E-state index contributed by atoms with van der Waals surface area (Å²) < 4.78 is 0. The van der Waals surface area contributed by atoms with Gasteiger partial charge in [0.15, 0.2) is 0 Å². The molecule has 126 valence electrons. The largest absolute Gasteiger partial charge is 0.319 e. The minimum Gasteiger partial charge on any atom is -0.319 e. The first-order valence-corrected chi connectivity index (χ1v) is 9.96. The number of unbranched alkanes of at least 4 members (excludes halogenated alkanes) is 7. The molecule has 1 heteroatoms. The van der Waals surface area contributed by atoms with Crippen LogP contribution in [-0.2, 0) is 0 Å². The van der Waals surface area contributed by atoms with E-state index in [1.54, 1.807) is 0 Å². The molecule has 1 N–H and O–H groups in total. The van der Waals surface area contributed by atoms with Gasteiger partial charge in [0.25, 0.3) is 0 Å². The van der Waals surface area contributed by atoms with Crippen molar-refractivity contribution >= 4 is 0 Å². The van der Waals surface area contributed by atoms with Gasteiger partial charge in [0.2, 0.25) is 0 Å². The molecule has 1 rings (SSSR count). The summed E-state index contributed by atoms with van der Waals surface area (Å²) in [6, 6.07) is 0. The number of nitrogens with one attached hydrogen (secondary N) is 1. The zero-order valence-corrected chi connectivity index (χ0v) is 15.1. The van der Waals surface area contributed by atoms with Crippen molar-refractivity contribution in [3.8, 4) is 0 Å². The highest BCUT2D eigenvalue weighted by molar-refractivity contribution is 4.80. The van der Waals surface area contributed by atoms with Crippen LogP contribution in [0.2, 0.25) is 0 Å². The van der Waals surface area contributed by atoms with E-state index in [-0.39, 0.29) is 0 Å². The van der Waals surface area contributed by atoms with Crippen molar-refractivity contribution in [2.75, 3.05) is 13.6 Å². The first kappa shape index (κ1) is 19.0. The Morgan fingerprint density at radius 1 is 0.810 bits per heavy atom. The monoisotopic (exact) mass is 295 g/mol. The maximum atomic E-state index is 3.43. The van der Waals surface area contributed by atoms with Gasteiger partial charge in [-0.3, -0.25) is 0 Å². The molecule has 0 amide bonds. The first-order valence-electron chi connectivity index (χ1n) is 9.96. The molecule has 0 radical (unpaired) electrons. The molecular weight excluding hydrogens is 254 g/mol. The highest BCUT2D eigenvalue weighted by atomic mass is 14.8. The summed E-state index contributed by atoms with van der Waals surface area (Å²) >= 11 is 0. The highest BCUT2D eigenvalue weighted by Crippen LogP contribution is 2.38. The van der Waals surface area contributed by atoms with Crippen molar-refractivity contribution in [2.24, 2.45) is 17.8 Å². The minimum atomic E-state index is 0.961. The van der Waals surface area contributed by atoms with E-state index >= 15 is 0 Å². The van der Waals surface area contributed by atoms with E-state index in [0.717, 1.165) is 17.8 Å². The van der Waals surface area contributed by atoms with Crippen LogP contribution in [0.25, 0.3) is 0 Å². The molecule has 0 aromatic carbocycles. The van der Waals surface area contributed by atoms with Gasteiger partial charge in [-0.1, -0.05) is 84.5 Å². The highest BCUT2D eigenvalue weighted by Gasteiger charge is 2.28. The predicted octanol–water partition coefficient (Wildman–Crippen LogP) is 6.18. The second-order valence-electron chi connectivity index (χ2n) is 7.43. The van der Waals surface area contributed by atoms with Gasteiger partial charge in [-0.15, -0.1) is 0 Å². The van der Waals surface area contributed by atoms with E-state index in [2.05, 4.69) is 26.2 Å². The van der Waals surface area contributed by atoms with Gasteiger partial charge in [-0.25, -0.2) is 0 Å². The maximum absolute atomic E-state index is 3.43. The summed E-state index contributed by atoms with van der Waals surface area (Å²) in [5.74, 6) is 3.00. The SMILES string of the molecule is CCCCCCCCCCC1CC(CC)CCC1CNC. The van der Waals surface area contributed by atoms with E-state index in [9.17, 15) is 0 Å². The lowest BCUT2D eigenvalue weighted by Gasteiger charge is -2.36. The molecule has 1 nitrogen and oxygen atoms in total. The number of rotatable bonds is 12. The minimum absolute atomic E-state index is 0.961. The van der Waals surface area contributed by atoms with E-state index in [0.29, 0.717) is 0 Å². The molecular formula is C20H41N. The molecule has 0 heterocycles. The lowest BCUT2D eigenvalue weighted by atomic mass is 9.71. The second kappa shape index (κ2) is 12.5. The topological polar surface area (TPSA) is 12.0 Å². The molecule has 1 aliphatic rings. The Bertz CT molecular complexity index is 226. The van der Waals surface area contributed by atoms with Crippen molar-refractivity contribution in [2.45, 2.75) is 97.3 Å². The van der Waals surface area contributed by atoms with Crippen molar-refractivity contribution in [3.05, 3.63) is 0 Å². The summed E-state index contributed by atoms with van der Waals surface area (Å²) in [5, 5.41) is 3.43. The Balaban J connectivity index is 2.11. The average molecular weight is 296 g/mol. The number of hydrogen-bond acceptors (Lipinski definition) is 1. The lowest BCUT2D eigenvalue weighted by molar-refractivity contribution is 0.162. The van der Waals surface area contributed by atoms with Crippen LogP contribution >= 0.6 is 0 Å². The molecule has 3 atom stereocenters. The van der Waals surface area contributed by atoms with Crippen LogP contribution in [0.15, 0.2) is 0 Å². The van der Waals surface area contributed by atoms with Gasteiger partial charge in [0, 0.05) is 0 Å². The molecule has 0 aliphatic heterocycles. The Labute approximate surface area is 134 Å². The second-order valence-corrected chi connectivity index (χ2v) is 7.43. The molecule has 0 aromatic rings. The van der Waals surface area contributed by atoms with E-state index in [4.69, 9.17) is 0 Å². The van der Waals surface area contributed by atoms with Gasteiger partial charge >= 0.3 is 0 Å². The molecule has 21 heavy (non-hydrogen) atoms. The fourth-order valence-corrected chi connectivity index (χ4v) is 4.22. The third-order valence-electron chi connectivity index (χ3n) is 5.72. The van der Waals surface area contributed by atoms with Crippen LogP contribution < -0.4 is 5.32 Å². The number of hydrogen-bond donors (Lipinski definition) is 1. The van der Waals surface area contributed by atoms with E-state index in [1.807, 2.05) is 0 Å². The van der Waals surface area contributed by atoms with Crippen LogP contribution in [0.1, 0.15) is 97.3 Å². The summed E-state index contributed by atoms with van der Waals surface area (Å²) in [4.78, 5) is 0. The molecule has 3 unspecified atom stereocenters. The summed E-state index contributed by atoms with van der Waals surface area (Å²) in [6.45, 7) is 5.93. The first-order chi connectivity index (χ1) is 10.3. The van der Waals surface area contributed by atoms with Crippen LogP contribution in [-0.4, -0.2) is 13.6 Å². The molecule has 0 saturated heterocycles. The molecule has 0 aromatic heterocycles. The van der Waals surface area contributed by atoms with Crippen LogP contribution in [0.5, 0.6) is 0 Å². The quantitative estimate of drug-likeness (QED) is 0.424. The van der Waals surface area contributed by atoms with Crippen LogP contribution in [0.4, 0.5) is 0 Å². The fraction of sp³-hybridized carbons (Fsp3) is 1.00. The average Bonchev–Trinajstić information content (AvgIpc) is 2.51. The summed E-state index contributed by atoms with van der Waals surface area (Å²) in [6.07, 6.45) is 19.0. The molecule has 0 bridgehead atoms. The smallest absolute Gasteiger partial charge is 0.00209 e. The van der Waals surface area contributed by atoms with Crippen LogP contribution in [0.3, 0.4) is 0 Å². The molecule has 1 saturated carbocycles. The van der Waals surface area contributed by atoms with Gasteiger partial charge in [-0.05, 0) is 44.2 Å². The summed E-state index contributed by atoms with van der Waals surface area (Å²) in [5.41, 5.74) is 0. The summed E-state index contributed by atoms with van der Waals surface area (Å²) in [7, 11) is 2.12. The molecule has 1 fully saturated rings. The predicted molar refractivity (Wildman–Crippen MR) is 95.8 cm³/mol. The Morgan fingerprint density at radius 3 is 2.10 bits per heavy atom. The standard InChI is InChI=1S/C20H41N/c1-4-6-7-8-9-10-11-12-13-19-16-18(5-2)14-15-20(19)17-21-3/h18-21H,4-17H2,1-3H3. The Morgan fingerprint density at radius 2 is 1.48 bits per heavy atom. The Hall–Kier alpha value is -0.0400. The van der Waals surface area contributed by atoms with E-state index < -0.39 is 0 Å². The van der Waals surface area contributed by atoms with Crippen LogP contribution in [0, 0.1) is 17.8 Å². The van der Waals surface area contributed by atoms with Gasteiger partial charge in [-0.2, -0.15) is 0 Å². The van der Waals surface area contributed by atoms with Gasteiger partial charge < -0.3 is 5.32 Å². The van der Waals surface area contributed by atoms with Crippen molar-refractivity contribution in [1.29, 1.82) is 0 Å². The third-order valence-corrected chi connectivity index (χ3v) is 5.72. The van der Waals surface area contributed by atoms with Gasteiger partial charge in [0.1, 0.15) is 0 Å². The van der Waals surface area contributed by atoms with E-state index in [1.165, 1.54) is 90.0 Å². The molecule has 1 aliphatic carbocycles. The van der Waals surface area contributed by atoms with Crippen molar-refractivity contribution in [3.63, 3.8) is 0 Å². The zero-order valence-electron chi connectivity index (χ0n) is 15.1.